The smallest absolute Gasteiger partial charge is 0.230 e. The zero-order chi connectivity index (χ0) is 15.1. The first-order valence-corrected chi connectivity index (χ1v) is 8.30. The van der Waals surface area contributed by atoms with Gasteiger partial charge in [-0.05, 0) is 25.0 Å². The van der Waals surface area contributed by atoms with Gasteiger partial charge >= 0.3 is 0 Å². The largest absolute Gasteiger partial charge is 0.496 e. The fourth-order valence-corrected chi connectivity index (χ4v) is 3.41. The Hall–Kier alpha value is -1.60. The molecule has 0 fully saturated rings. The van der Waals surface area contributed by atoms with Gasteiger partial charge in [0.2, 0.25) is 5.91 Å². The number of nitrogens with one attached hydrogen (secondary N) is 1. The Kier molecular flexibility index (Phi) is 6.01. The highest BCUT2D eigenvalue weighted by Crippen LogP contribution is 2.21. The van der Waals surface area contributed by atoms with Crippen LogP contribution in [-0.2, 0) is 11.2 Å². The van der Waals surface area contributed by atoms with Crippen LogP contribution in [0.1, 0.15) is 10.6 Å². The Morgan fingerprint density at radius 2 is 2.19 bits per heavy atom. The van der Waals surface area contributed by atoms with E-state index >= 15 is 0 Å². The molecule has 0 saturated carbocycles. The minimum atomic E-state index is 0.00255. The first-order valence-electron chi connectivity index (χ1n) is 6.50. The van der Waals surface area contributed by atoms with Crippen molar-refractivity contribution in [1.82, 2.24) is 15.5 Å². The molecule has 1 heterocycles. The second-order valence-corrected chi connectivity index (χ2v) is 6.69. The van der Waals surface area contributed by atoms with Crippen LogP contribution in [-0.4, -0.2) is 35.5 Å². The number of methoxy groups -OCH3 is 1. The predicted molar refractivity (Wildman–Crippen MR) is 85.1 cm³/mol. The van der Waals surface area contributed by atoms with Crippen molar-refractivity contribution in [3.63, 3.8) is 0 Å². The molecule has 0 atom stereocenters. The lowest BCUT2D eigenvalue weighted by Gasteiger charge is -2.08. The Morgan fingerprint density at radius 1 is 1.38 bits per heavy atom. The molecule has 21 heavy (non-hydrogen) atoms. The number of amides is 1. The van der Waals surface area contributed by atoms with E-state index in [0.29, 0.717) is 12.3 Å². The van der Waals surface area contributed by atoms with Crippen LogP contribution in [0.15, 0.2) is 28.6 Å². The minimum absolute atomic E-state index is 0.00255. The van der Waals surface area contributed by atoms with Gasteiger partial charge in [-0.2, -0.15) is 0 Å². The molecule has 0 bridgehead atoms. The van der Waals surface area contributed by atoms with Crippen molar-refractivity contribution >= 4 is 29.0 Å². The normalized spacial score (nSPS) is 10.4. The van der Waals surface area contributed by atoms with Gasteiger partial charge < -0.3 is 10.1 Å². The summed E-state index contributed by atoms with van der Waals surface area (Å²) in [4.78, 5) is 11.8. The third-order valence-corrected chi connectivity index (χ3v) is 4.72. The number of para-hydroxylation sites is 1. The zero-order valence-corrected chi connectivity index (χ0v) is 13.6. The fourth-order valence-electron chi connectivity index (χ4n) is 1.76. The van der Waals surface area contributed by atoms with Crippen molar-refractivity contribution in [2.24, 2.45) is 0 Å². The molecule has 1 aromatic carbocycles. The minimum Gasteiger partial charge on any atom is -0.496 e. The number of aromatic nitrogens is 2. The van der Waals surface area contributed by atoms with Gasteiger partial charge in [0.05, 0.1) is 12.9 Å². The molecule has 0 unspecified atom stereocenters. The molecule has 0 radical (unpaired) electrons. The number of hydrogen-bond donors (Lipinski definition) is 1. The Labute approximate surface area is 132 Å². The van der Waals surface area contributed by atoms with Gasteiger partial charge in [0.1, 0.15) is 10.8 Å². The van der Waals surface area contributed by atoms with Gasteiger partial charge in [-0.15, -0.1) is 10.2 Å². The van der Waals surface area contributed by atoms with Crippen molar-refractivity contribution in [2.75, 3.05) is 19.4 Å². The van der Waals surface area contributed by atoms with Crippen LogP contribution in [0.2, 0.25) is 0 Å². The number of thioether (sulfide) groups is 1. The van der Waals surface area contributed by atoms with E-state index < -0.39 is 0 Å². The first-order chi connectivity index (χ1) is 10.2. The summed E-state index contributed by atoms with van der Waals surface area (Å²) in [6.07, 6.45) is 0.748. The number of rotatable bonds is 7. The van der Waals surface area contributed by atoms with Gasteiger partial charge in [-0.1, -0.05) is 41.3 Å². The average molecular weight is 323 g/mol. The van der Waals surface area contributed by atoms with Gasteiger partial charge in [-0.3, -0.25) is 4.79 Å². The van der Waals surface area contributed by atoms with Gasteiger partial charge in [-0.25, -0.2) is 0 Å². The zero-order valence-electron chi connectivity index (χ0n) is 12.0. The van der Waals surface area contributed by atoms with Crippen LogP contribution < -0.4 is 10.1 Å². The van der Waals surface area contributed by atoms with Gasteiger partial charge in [0.15, 0.2) is 4.34 Å². The van der Waals surface area contributed by atoms with Crippen molar-refractivity contribution < 1.29 is 9.53 Å². The number of carbonyl (C=O) groups excluding carboxylic acids is 1. The molecular weight excluding hydrogens is 306 g/mol. The summed E-state index contributed by atoms with van der Waals surface area (Å²) in [7, 11) is 1.65. The summed E-state index contributed by atoms with van der Waals surface area (Å²) >= 11 is 2.91. The maximum atomic E-state index is 11.8. The van der Waals surface area contributed by atoms with Crippen LogP contribution in [0.4, 0.5) is 0 Å². The maximum Gasteiger partial charge on any atom is 0.230 e. The summed E-state index contributed by atoms with van der Waals surface area (Å²) in [5.74, 6) is 1.22. The van der Waals surface area contributed by atoms with E-state index in [1.165, 1.54) is 23.1 Å². The van der Waals surface area contributed by atoms with Gasteiger partial charge in [0.25, 0.3) is 0 Å². The van der Waals surface area contributed by atoms with E-state index in [0.717, 1.165) is 27.1 Å². The molecule has 5 nitrogen and oxygen atoms in total. The van der Waals surface area contributed by atoms with Crippen LogP contribution >= 0.6 is 23.1 Å². The van der Waals surface area contributed by atoms with Crippen LogP contribution in [0.3, 0.4) is 0 Å². The number of ether oxygens (including phenoxy) is 1. The molecule has 0 aliphatic carbocycles. The Morgan fingerprint density at radius 3 is 2.90 bits per heavy atom. The molecular formula is C14H17N3O2S2. The van der Waals surface area contributed by atoms with E-state index in [1.807, 2.05) is 31.2 Å². The SMILES string of the molecule is COc1ccccc1CCNC(=O)CSc1nnc(C)s1. The third kappa shape index (κ3) is 5.02. The van der Waals surface area contributed by atoms with Crippen molar-refractivity contribution in [3.05, 3.63) is 34.8 Å². The highest BCUT2D eigenvalue weighted by atomic mass is 32.2. The quantitative estimate of drug-likeness (QED) is 0.792. The lowest BCUT2D eigenvalue weighted by molar-refractivity contribution is -0.118. The Bertz CT molecular complexity index is 601. The fraction of sp³-hybridized carbons (Fsp3) is 0.357. The maximum absolute atomic E-state index is 11.8. The van der Waals surface area contributed by atoms with E-state index in [1.54, 1.807) is 7.11 Å². The van der Waals surface area contributed by atoms with Crippen molar-refractivity contribution in [2.45, 2.75) is 17.7 Å². The Balaban J connectivity index is 1.71. The molecule has 2 aromatic rings. The molecule has 1 N–H and O–H groups in total. The summed E-state index contributed by atoms with van der Waals surface area (Å²) in [5.41, 5.74) is 1.09. The second kappa shape index (κ2) is 7.99. The number of aryl methyl sites for hydroxylation is 1. The summed E-state index contributed by atoms with van der Waals surface area (Å²) in [5, 5.41) is 11.7. The van der Waals surface area contributed by atoms with E-state index in [9.17, 15) is 4.79 Å². The van der Waals surface area contributed by atoms with Crippen molar-refractivity contribution in [3.8, 4) is 5.75 Å². The van der Waals surface area contributed by atoms with E-state index in [-0.39, 0.29) is 5.91 Å². The number of carbonyl (C=O) groups is 1. The molecule has 0 spiro atoms. The highest BCUT2D eigenvalue weighted by molar-refractivity contribution is 8.01. The monoisotopic (exact) mass is 323 g/mol. The molecule has 0 aliphatic rings. The molecule has 1 amide bonds. The van der Waals surface area contributed by atoms with Crippen LogP contribution in [0.25, 0.3) is 0 Å². The van der Waals surface area contributed by atoms with E-state index in [2.05, 4.69) is 15.5 Å². The standard InChI is InChI=1S/C14H17N3O2S2/c1-10-16-17-14(21-10)20-9-13(18)15-8-7-11-5-3-4-6-12(11)19-2/h3-6H,7-9H2,1-2H3,(H,15,18). The number of hydrogen-bond acceptors (Lipinski definition) is 6. The van der Waals surface area contributed by atoms with Gasteiger partial charge in [0, 0.05) is 6.54 Å². The molecule has 112 valence electrons. The molecule has 1 aromatic heterocycles. The van der Waals surface area contributed by atoms with Crippen molar-refractivity contribution in [1.29, 1.82) is 0 Å². The highest BCUT2D eigenvalue weighted by Gasteiger charge is 2.07. The molecule has 0 saturated heterocycles. The van der Waals surface area contributed by atoms with Crippen LogP contribution in [0.5, 0.6) is 5.75 Å². The average Bonchev–Trinajstić information content (AvgIpc) is 2.91. The lowest BCUT2D eigenvalue weighted by atomic mass is 10.1. The third-order valence-electron chi connectivity index (χ3n) is 2.74. The summed E-state index contributed by atoms with van der Waals surface area (Å²) in [6, 6.07) is 7.82. The lowest BCUT2D eigenvalue weighted by Crippen LogP contribution is -2.27. The molecule has 2 rings (SSSR count). The molecule has 0 aliphatic heterocycles. The summed E-state index contributed by atoms with van der Waals surface area (Å²) < 4.78 is 6.11. The number of benzene rings is 1. The second-order valence-electron chi connectivity index (χ2n) is 4.29. The summed E-state index contributed by atoms with van der Waals surface area (Å²) in [6.45, 7) is 2.49. The van der Waals surface area contributed by atoms with Crippen LogP contribution in [0, 0.1) is 6.92 Å². The predicted octanol–water partition coefficient (Wildman–Crippen LogP) is 2.31. The first kappa shape index (κ1) is 15.8. The van der Waals surface area contributed by atoms with E-state index in [4.69, 9.17) is 4.74 Å². The topological polar surface area (TPSA) is 64.1 Å². The molecule has 7 heteroatoms. The number of nitrogens with zero attached hydrogens (tertiary/aromatic N) is 2.